The van der Waals surface area contributed by atoms with Crippen LogP contribution < -0.4 is 14.8 Å². The summed E-state index contributed by atoms with van der Waals surface area (Å²) in [6.45, 7) is 1.01. The molecule has 4 rings (SSSR count). The van der Waals surface area contributed by atoms with Gasteiger partial charge >= 0.3 is 0 Å². The quantitative estimate of drug-likeness (QED) is 0.672. The number of hydrogen-bond donors (Lipinski definition) is 1. The first kappa shape index (κ1) is 20.0. The molecule has 0 bridgehead atoms. The Balaban J connectivity index is 1.31. The van der Waals surface area contributed by atoms with Gasteiger partial charge in [0.05, 0.1) is 17.3 Å². The highest BCUT2D eigenvalue weighted by Crippen LogP contribution is 2.32. The minimum Gasteiger partial charge on any atom is -0.486 e. The number of benzene rings is 1. The van der Waals surface area contributed by atoms with Crippen molar-refractivity contribution >= 4 is 33.2 Å². The summed E-state index contributed by atoms with van der Waals surface area (Å²) < 4.78 is 36.1. The SMILES string of the molecule is Cn1c(C[C@H]2CCS(=O)(=O)C2)nnc1SCC(=O)Nc1ccc2c(c1)OCCO2. The number of hydrogen-bond acceptors (Lipinski definition) is 8. The van der Waals surface area contributed by atoms with Gasteiger partial charge in [-0.15, -0.1) is 10.2 Å². The summed E-state index contributed by atoms with van der Waals surface area (Å²) in [5.74, 6) is 2.58. The van der Waals surface area contributed by atoms with Gasteiger partial charge in [-0.1, -0.05) is 11.8 Å². The first-order chi connectivity index (χ1) is 13.9. The maximum absolute atomic E-state index is 12.3. The minimum absolute atomic E-state index is 0.0826. The lowest BCUT2D eigenvalue weighted by molar-refractivity contribution is -0.113. The van der Waals surface area contributed by atoms with Gasteiger partial charge in [-0.3, -0.25) is 4.79 Å². The van der Waals surface area contributed by atoms with E-state index in [0.717, 1.165) is 5.82 Å². The predicted octanol–water partition coefficient (Wildman–Crippen LogP) is 1.29. The number of nitrogens with one attached hydrogen (secondary N) is 1. The topological polar surface area (TPSA) is 112 Å². The van der Waals surface area contributed by atoms with Gasteiger partial charge in [0.15, 0.2) is 26.5 Å². The van der Waals surface area contributed by atoms with Crippen molar-refractivity contribution in [3.05, 3.63) is 24.0 Å². The third-order valence-corrected chi connectivity index (χ3v) is 7.74. The molecule has 1 fully saturated rings. The van der Waals surface area contributed by atoms with E-state index in [1.54, 1.807) is 18.2 Å². The summed E-state index contributed by atoms with van der Waals surface area (Å²) in [5.41, 5.74) is 0.640. The van der Waals surface area contributed by atoms with Crippen LogP contribution >= 0.6 is 11.8 Å². The molecule has 0 spiro atoms. The Bertz CT molecular complexity index is 1020. The Morgan fingerprint density at radius 2 is 2.07 bits per heavy atom. The number of carbonyl (C=O) groups is 1. The van der Waals surface area contributed by atoms with Crippen LogP contribution in [0.1, 0.15) is 12.2 Å². The number of thioether (sulfide) groups is 1. The van der Waals surface area contributed by atoms with Gasteiger partial charge < -0.3 is 19.4 Å². The van der Waals surface area contributed by atoms with Crippen LogP contribution in [0.3, 0.4) is 0 Å². The lowest BCUT2D eigenvalue weighted by Gasteiger charge is -2.18. The second-order valence-corrected chi connectivity index (χ2v) is 10.3. The van der Waals surface area contributed by atoms with Crippen molar-refractivity contribution in [2.45, 2.75) is 18.0 Å². The molecule has 9 nitrogen and oxygen atoms in total. The van der Waals surface area contributed by atoms with Crippen molar-refractivity contribution < 1.29 is 22.7 Å². The number of ether oxygens (including phenoxy) is 2. The van der Waals surface area contributed by atoms with Crippen LogP contribution in [0.2, 0.25) is 0 Å². The summed E-state index contributed by atoms with van der Waals surface area (Å²) in [6.07, 6.45) is 1.24. The molecular formula is C18H22N4O5S2. The van der Waals surface area contributed by atoms with Crippen LogP contribution in [0.25, 0.3) is 0 Å². The number of amides is 1. The molecule has 1 N–H and O–H groups in total. The molecule has 0 radical (unpaired) electrons. The molecule has 2 aromatic rings. The Labute approximate surface area is 173 Å². The Morgan fingerprint density at radius 1 is 1.28 bits per heavy atom. The van der Waals surface area contributed by atoms with Gasteiger partial charge in [-0.2, -0.15) is 0 Å². The fraction of sp³-hybridized carbons (Fsp3) is 0.500. The minimum atomic E-state index is -2.91. The highest BCUT2D eigenvalue weighted by Gasteiger charge is 2.29. The summed E-state index contributed by atoms with van der Waals surface area (Å²) in [4.78, 5) is 12.3. The maximum atomic E-state index is 12.3. The van der Waals surface area contributed by atoms with Gasteiger partial charge in [0.1, 0.15) is 19.0 Å². The standard InChI is InChI=1S/C18H22N4O5S2/c1-22-16(8-12-4-7-29(24,25)11-12)20-21-18(22)28-10-17(23)19-13-2-3-14-15(9-13)27-6-5-26-14/h2-3,9,12H,4-8,10-11H2,1H3,(H,19,23)/t12-/m1/s1. The van der Waals surface area contributed by atoms with E-state index >= 15 is 0 Å². The van der Waals surface area contributed by atoms with Crippen molar-refractivity contribution in [3.8, 4) is 11.5 Å². The summed E-state index contributed by atoms with van der Waals surface area (Å²) in [5, 5.41) is 11.8. The lowest BCUT2D eigenvalue weighted by atomic mass is 10.1. The molecule has 1 saturated heterocycles. The van der Waals surface area contributed by atoms with Gasteiger partial charge in [0.25, 0.3) is 0 Å². The third kappa shape index (κ3) is 4.84. The zero-order chi connectivity index (χ0) is 20.4. The monoisotopic (exact) mass is 438 g/mol. The molecule has 2 aliphatic rings. The number of nitrogens with zero attached hydrogens (tertiary/aromatic N) is 3. The number of aromatic nitrogens is 3. The van der Waals surface area contributed by atoms with Crippen molar-refractivity contribution in [1.82, 2.24) is 14.8 Å². The fourth-order valence-electron chi connectivity index (χ4n) is 3.39. The molecule has 156 valence electrons. The number of fused-ring (bicyclic) bond motifs is 1. The van der Waals surface area contributed by atoms with Crippen molar-refractivity contribution in [2.75, 3.05) is 35.8 Å². The molecule has 1 amide bonds. The van der Waals surface area contributed by atoms with E-state index in [2.05, 4.69) is 15.5 Å². The van der Waals surface area contributed by atoms with Crippen LogP contribution in [0.4, 0.5) is 5.69 Å². The van der Waals surface area contributed by atoms with Crippen LogP contribution in [0.5, 0.6) is 11.5 Å². The Morgan fingerprint density at radius 3 is 2.83 bits per heavy atom. The fourth-order valence-corrected chi connectivity index (χ4v) is 5.98. The molecule has 1 atom stereocenters. The molecule has 1 aromatic heterocycles. The average Bonchev–Trinajstić information content (AvgIpc) is 3.22. The molecular weight excluding hydrogens is 416 g/mol. The van der Waals surface area contributed by atoms with Gasteiger partial charge in [-0.05, 0) is 24.5 Å². The second kappa shape index (κ2) is 8.23. The smallest absolute Gasteiger partial charge is 0.234 e. The van der Waals surface area contributed by atoms with Crippen LogP contribution in [0.15, 0.2) is 23.4 Å². The Kier molecular flexibility index (Phi) is 5.68. The third-order valence-electron chi connectivity index (χ3n) is 4.88. The lowest BCUT2D eigenvalue weighted by Crippen LogP contribution is -2.17. The van der Waals surface area contributed by atoms with Gasteiger partial charge in [0.2, 0.25) is 5.91 Å². The first-order valence-corrected chi connectivity index (χ1v) is 12.1. The zero-order valence-electron chi connectivity index (χ0n) is 16.0. The van der Waals surface area contributed by atoms with Crippen LogP contribution in [-0.2, 0) is 28.1 Å². The second-order valence-electron chi connectivity index (χ2n) is 7.13. The molecule has 0 aliphatic carbocycles. The molecule has 1 aromatic carbocycles. The maximum Gasteiger partial charge on any atom is 0.234 e. The molecule has 29 heavy (non-hydrogen) atoms. The first-order valence-electron chi connectivity index (χ1n) is 9.30. The van der Waals surface area contributed by atoms with E-state index < -0.39 is 9.84 Å². The van der Waals surface area contributed by atoms with E-state index in [4.69, 9.17) is 9.47 Å². The highest BCUT2D eigenvalue weighted by atomic mass is 32.2. The number of carbonyl (C=O) groups excluding carboxylic acids is 1. The van der Waals surface area contributed by atoms with Crippen LogP contribution in [0, 0.1) is 5.92 Å². The summed E-state index contributed by atoms with van der Waals surface area (Å²) >= 11 is 1.28. The Hall–Kier alpha value is -2.27. The average molecular weight is 439 g/mol. The van der Waals surface area contributed by atoms with E-state index in [1.165, 1.54) is 11.8 Å². The molecule has 0 unspecified atom stereocenters. The number of sulfone groups is 1. The van der Waals surface area contributed by atoms with Crippen LogP contribution in [-0.4, -0.2) is 59.6 Å². The van der Waals surface area contributed by atoms with Gasteiger partial charge in [0, 0.05) is 25.2 Å². The summed E-state index contributed by atoms with van der Waals surface area (Å²) in [6, 6.07) is 5.29. The van der Waals surface area contributed by atoms with Gasteiger partial charge in [-0.25, -0.2) is 8.42 Å². The summed E-state index contributed by atoms with van der Waals surface area (Å²) in [7, 11) is -1.08. The highest BCUT2D eigenvalue weighted by molar-refractivity contribution is 7.99. The van der Waals surface area contributed by atoms with Crippen molar-refractivity contribution in [2.24, 2.45) is 13.0 Å². The number of rotatable bonds is 6. The van der Waals surface area contributed by atoms with E-state index in [9.17, 15) is 13.2 Å². The van der Waals surface area contributed by atoms with E-state index in [1.807, 2.05) is 11.6 Å². The van der Waals surface area contributed by atoms with Crippen molar-refractivity contribution in [1.29, 1.82) is 0 Å². The molecule has 11 heteroatoms. The number of anilines is 1. The van der Waals surface area contributed by atoms with E-state index in [-0.39, 0.29) is 29.1 Å². The normalized spacial score (nSPS) is 19.8. The van der Waals surface area contributed by atoms with Crippen molar-refractivity contribution in [3.63, 3.8) is 0 Å². The molecule has 0 saturated carbocycles. The predicted molar refractivity (Wildman–Crippen MR) is 108 cm³/mol. The molecule has 2 aliphatic heterocycles. The van der Waals surface area contributed by atoms with E-state index in [0.29, 0.717) is 48.4 Å². The zero-order valence-corrected chi connectivity index (χ0v) is 17.6. The molecule has 3 heterocycles. The largest absolute Gasteiger partial charge is 0.486 e.